The van der Waals surface area contributed by atoms with Crippen LogP contribution < -0.4 is 4.72 Å². The van der Waals surface area contributed by atoms with Crippen molar-refractivity contribution < 1.29 is 13.2 Å². The highest BCUT2D eigenvalue weighted by atomic mass is 35.5. The van der Waals surface area contributed by atoms with E-state index in [-0.39, 0.29) is 23.9 Å². The molecule has 0 amide bonds. The number of benzene rings is 1. The first-order valence-electron chi connectivity index (χ1n) is 7.31. The van der Waals surface area contributed by atoms with Crippen molar-refractivity contribution in [1.82, 2.24) is 9.62 Å². The Balaban J connectivity index is 2.14. The smallest absolute Gasteiger partial charge is 0.214 e. The summed E-state index contributed by atoms with van der Waals surface area (Å²) in [6.07, 6.45) is 0.454. The van der Waals surface area contributed by atoms with Crippen molar-refractivity contribution in [3.8, 4) is 0 Å². The second-order valence-corrected chi connectivity index (χ2v) is 8.05. The van der Waals surface area contributed by atoms with E-state index >= 15 is 0 Å². The topological polar surface area (TPSA) is 58.6 Å². The van der Waals surface area contributed by atoms with Crippen LogP contribution in [-0.2, 0) is 14.8 Å². The second kappa shape index (κ2) is 7.27. The lowest BCUT2D eigenvalue weighted by Crippen LogP contribution is -2.41. The minimum Gasteiger partial charge on any atom is -0.381 e. The van der Waals surface area contributed by atoms with Gasteiger partial charge < -0.3 is 4.74 Å². The molecule has 0 bridgehead atoms. The van der Waals surface area contributed by atoms with Crippen LogP contribution >= 0.6 is 11.6 Å². The Morgan fingerprint density at radius 2 is 2.05 bits per heavy atom. The summed E-state index contributed by atoms with van der Waals surface area (Å²) in [5.74, 6) is -0.0307. The standard InChI is InChI=1S/C15H23ClN2O3S/c1-11(21-3)10-22(19,20)17-14-8-9-18(2)15(14)12-4-6-13(16)7-5-12/h4-7,11,14-15,17H,8-10H2,1-3H3/t11-,14-,15+/m1/s1. The number of halogens is 1. The second-order valence-electron chi connectivity index (χ2n) is 5.82. The Labute approximate surface area is 137 Å². The summed E-state index contributed by atoms with van der Waals surface area (Å²) >= 11 is 5.93. The number of methoxy groups -OCH3 is 1. The molecule has 1 N–H and O–H groups in total. The van der Waals surface area contributed by atoms with Crippen molar-refractivity contribution >= 4 is 21.6 Å². The van der Waals surface area contributed by atoms with Crippen molar-refractivity contribution in [3.05, 3.63) is 34.9 Å². The van der Waals surface area contributed by atoms with Crippen molar-refractivity contribution in [2.24, 2.45) is 0 Å². The summed E-state index contributed by atoms with van der Waals surface area (Å²) < 4.78 is 32.4. The highest BCUT2D eigenvalue weighted by Crippen LogP contribution is 2.32. The SMILES string of the molecule is CO[C@H](C)CS(=O)(=O)N[C@@H]1CCN(C)[C@H]1c1ccc(Cl)cc1. The Hall–Kier alpha value is -0.660. The molecule has 1 saturated heterocycles. The molecule has 1 heterocycles. The van der Waals surface area contributed by atoms with E-state index in [0.717, 1.165) is 18.5 Å². The zero-order valence-corrected chi connectivity index (χ0v) is 14.7. The lowest BCUT2D eigenvalue weighted by atomic mass is 10.0. The summed E-state index contributed by atoms with van der Waals surface area (Å²) in [7, 11) is 0.143. The zero-order valence-electron chi connectivity index (χ0n) is 13.1. The van der Waals surface area contributed by atoms with Crippen LogP contribution in [0.2, 0.25) is 5.02 Å². The summed E-state index contributed by atoms with van der Waals surface area (Å²) in [6.45, 7) is 2.59. The molecule has 3 atom stereocenters. The van der Waals surface area contributed by atoms with Crippen molar-refractivity contribution in [2.75, 3.05) is 26.5 Å². The normalized spacial score (nSPS) is 24.5. The monoisotopic (exact) mass is 346 g/mol. The number of likely N-dealkylation sites (tertiary alicyclic amines) is 1. The van der Waals surface area contributed by atoms with Gasteiger partial charge in [-0.25, -0.2) is 13.1 Å². The number of nitrogens with zero attached hydrogens (tertiary/aromatic N) is 1. The maximum Gasteiger partial charge on any atom is 0.214 e. The molecule has 2 rings (SSSR count). The lowest BCUT2D eigenvalue weighted by Gasteiger charge is -2.26. The van der Waals surface area contributed by atoms with E-state index in [9.17, 15) is 8.42 Å². The van der Waals surface area contributed by atoms with E-state index in [1.165, 1.54) is 7.11 Å². The molecule has 0 spiro atoms. The average Bonchev–Trinajstić information content (AvgIpc) is 2.79. The molecule has 1 aromatic carbocycles. The van der Waals surface area contributed by atoms with E-state index in [0.29, 0.717) is 5.02 Å². The van der Waals surface area contributed by atoms with Crippen LogP contribution in [0.3, 0.4) is 0 Å². The fraction of sp³-hybridized carbons (Fsp3) is 0.600. The quantitative estimate of drug-likeness (QED) is 0.856. The van der Waals surface area contributed by atoms with Gasteiger partial charge in [0, 0.05) is 24.7 Å². The first-order chi connectivity index (χ1) is 10.3. The molecule has 1 fully saturated rings. The van der Waals surface area contributed by atoms with E-state index in [2.05, 4.69) is 9.62 Å². The predicted octanol–water partition coefficient (Wildman–Crippen LogP) is 2.04. The molecule has 0 radical (unpaired) electrons. The number of ether oxygens (including phenoxy) is 1. The molecule has 1 aliphatic heterocycles. The van der Waals surface area contributed by atoms with Gasteiger partial charge in [0.25, 0.3) is 0 Å². The van der Waals surface area contributed by atoms with Crippen LogP contribution in [-0.4, -0.2) is 51.9 Å². The first-order valence-corrected chi connectivity index (χ1v) is 9.34. The van der Waals surface area contributed by atoms with Crippen LogP contribution in [0.25, 0.3) is 0 Å². The zero-order chi connectivity index (χ0) is 16.3. The Morgan fingerprint density at radius 3 is 2.64 bits per heavy atom. The molecule has 0 aliphatic carbocycles. The van der Waals surface area contributed by atoms with Crippen LogP contribution in [0, 0.1) is 0 Å². The Bertz CT molecular complexity index is 591. The van der Waals surface area contributed by atoms with E-state index < -0.39 is 10.0 Å². The molecule has 1 aromatic rings. The average molecular weight is 347 g/mol. The van der Waals surface area contributed by atoms with Crippen molar-refractivity contribution in [3.63, 3.8) is 0 Å². The molecule has 0 saturated carbocycles. The van der Waals surface area contributed by atoms with Gasteiger partial charge in [0.05, 0.1) is 17.9 Å². The molecule has 1 aliphatic rings. The summed E-state index contributed by atoms with van der Waals surface area (Å²) in [4.78, 5) is 2.16. The summed E-state index contributed by atoms with van der Waals surface area (Å²) in [6, 6.07) is 7.45. The molecular weight excluding hydrogens is 324 g/mol. The van der Waals surface area contributed by atoms with E-state index in [1.807, 2.05) is 31.3 Å². The van der Waals surface area contributed by atoms with Crippen molar-refractivity contribution in [2.45, 2.75) is 31.5 Å². The molecule has 7 heteroatoms. The van der Waals surface area contributed by atoms with Gasteiger partial charge in [-0.15, -0.1) is 0 Å². The third kappa shape index (κ3) is 4.43. The van der Waals surface area contributed by atoms with Crippen LogP contribution in [0.15, 0.2) is 24.3 Å². The fourth-order valence-corrected chi connectivity index (χ4v) is 4.56. The molecule has 124 valence electrons. The molecule has 5 nitrogen and oxygen atoms in total. The van der Waals surface area contributed by atoms with E-state index in [4.69, 9.17) is 16.3 Å². The maximum absolute atomic E-state index is 12.3. The van der Waals surface area contributed by atoms with Gasteiger partial charge in [0.2, 0.25) is 10.0 Å². The van der Waals surface area contributed by atoms with Crippen molar-refractivity contribution in [1.29, 1.82) is 0 Å². The number of sulfonamides is 1. The number of nitrogens with one attached hydrogen (secondary N) is 1. The predicted molar refractivity (Wildman–Crippen MR) is 88.6 cm³/mol. The highest BCUT2D eigenvalue weighted by molar-refractivity contribution is 7.89. The minimum atomic E-state index is -3.38. The van der Waals surface area contributed by atoms with Crippen LogP contribution in [0.4, 0.5) is 0 Å². The van der Waals surface area contributed by atoms with Gasteiger partial charge in [-0.1, -0.05) is 23.7 Å². The third-order valence-electron chi connectivity index (χ3n) is 4.05. The number of hydrogen-bond acceptors (Lipinski definition) is 4. The van der Waals surface area contributed by atoms with Gasteiger partial charge in [0.1, 0.15) is 0 Å². The number of likely N-dealkylation sites (N-methyl/N-ethyl adjacent to an activating group) is 1. The number of rotatable bonds is 6. The van der Waals surface area contributed by atoms with E-state index in [1.54, 1.807) is 6.92 Å². The van der Waals surface area contributed by atoms with Crippen LogP contribution in [0.5, 0.6) is 0 Å². The minimum absolute atomic E-state index is 0.0184. The van der Waals surface area contributed by atoms with Crippen LogP contribution in [0.1, 0.15) is 24.9 Å². The molecular formula is C15H23ClN2O3S. The highest BCUT2D eigenvalue weighted by Gasteiger charge is 2.35. The Morgan fingerprint density at radius 1 is 1.41 bits per heavy atom. The van der Waals surface area contributed by atoms with Gasteiger partial charge in [-0.3, -0.25) is 4.90 Å². The summed E-state index contributed by atoms with van der Waals surface area (Å²) in [5, 5.41) is 0.676. The molecule has 0 unspecified atom stereocenters. The molecule has 0 aromatic heterocycles. The third-order valence-corrected chi connectivity index (χ3v) is 5.87. The van der Waals surface area contributed by atoms with Gasteiger partial charge in [0.15, 0.2) is 0 Å². The van der Waals surface area contributed by atoms with Gasteiger partial charge in [-0.05, 0) is 38.1 Å². The Kier molecular flexibility index (Phi) is 5.85. The largest absolute Gasteiger partial charge is 0.381 e. The fourth-order valence-electron chi connectivity index (χ4n) is 2.87. The maximum atomic E-state index is 12.3. The first kappa shape index (κ1) is 17.7. The lowest BCUT2D eigenvalue weighted by molar-refractivity contribution is 0.136. The molecule has 22 heavy (non-hydrogen) atoms. The van der Waals surface area contributed by atoms with Gasteiger partial charge >= 0.3 is 0 Å². The number of hydrogen-bond donors (Lipinski definition) is 1. The summed E-state index contributed by atoms with van der Waals surface area (Å²) in [5.41, 5.74) is 1.07. The van der Waals surface area contributed by atoms with Gasteiger partial charge in [-0.2, -0.15) is 0 Å².